The number of hydrogen-bond donors (Lipinski definition) is 1. The Bertz CT molecular complexity index is 988. The van der Waals surface area contributed by atoms with Crippen molar-refractivity contribution in [2.24, 2.45) is 5.10 Å². The molecule has 0 aliphatic carbocycles. The third-order valence-electron chi connectivity index (χ3n) is 4.73. The Morgan fingerprint density at radius 3 is 2.27 bits per heavy atom. The summed E-state index contributed by atoms with van der Waals surface area (Å²) in [5, 5.41) is 4.11. The van der Waals surface area contributed by atoms with Gasteiger partial charge in [-0.1, -0.05) is 87.5 Å². The van der Waals surface area contributed by atoms with E-state index < -0.39 is 0 Å². The van der Waals surface area contributed by atoms with E-state index in [4.69, 9.17) is 4.74 Å². The fourth-order valence-electron chi connectivity index (χ4n) is 2.98. The summed E-state index contributed by atoms with van der Waals surface area (Å²) >= 11 is 0. The van der Waals surface area contributed by atoms with Crippen molar-refractivity contribution in [2.45, 2.75) is 39.2 Å². The Balaban J connectivity index is 1.55. The van der Waals surface area contributed by atoms with Crippen LogP contribution in [0, 0.1) is 0 Å². The Kier molecular flexibility index (Phi) is 7.02. The topological polar surface area (TPSA) is 50.7 Å². The van der Waals surface area contributed by atoms with Crippen molar-refractivity contribution in [3.05, 3.63) is 101 Å². The molecule has 1 amide bonds. The van der Waals surface area contributed by atoms with Gasteiger partial charge in [0.25, 0.3) is 0 Å². The van der Waals surface area contributed by atoms with Crippen molar-refractivity contribution in [3.63, 3.8) is 0 Å². The summed E-state index contributed by atoms with van der Waals surface area (Å²) in [5.41, 5.74) is 6.81. The van der Waals surface area contributed by atoms with Gasteiger partial charge < -0.3 is 4.74 Å². The normalized spacial score (nSPS) is 11.4. The molecule has 3 aromatic rings. The van der Waals surface area contributed by atoms with Crippen LogP contribution in [0.15, 0.2) is 84.0 Å². The molecule has 3 aromatic carbocycles. The van der Waals surface area contributed by atoms with Crippen LogP contribution >= 0.6 is 0 Å². The molecule has 0 radical (unpaired) electrons. The number of carbonyl (C=O) groups excluding carboxylic acids is 1. The predicted octanol–water partition coefficient (Wildman–Crippen LogP) is 5.26. The summed E-state index contributed by atoms with van der Waals surface area (Å²) in [6, 6.07) is 25.8. The molecule has 154 valence electrons. The predicted molar refractivity (Wildman–Crippen MR) is 122 cm³/mol. The molecule has 30 heavy (non-hydrogen) atoms. The molecule has 0 heterocycles. The van der Waals surface area contributed by atoms with Crippen LogP contribution in [0.3, 0.4) is 0 Å². The van der Waals surface area contributed by atoms with Crippen molar-refractivity contribution in [1.29, 1.82) is 0 Å². The lowest BCUT2D eigenvalue weighted by molar-refractivity contribution is -0.120. The molecule has 0 unspecified atom stereocenters. The summed E-state index contributed by atoms with van der Waals surface area (Å²) < 4.78 is 5.91. The van der Waals surface area contributed by atoms with Gasteiger partial charge in [-0.15, -0.1) is 0 Å². The molecule has 0 aromatic heterocycles. The lowest BCUT2D eigenvalue weighted by Gasteiger charge is -2.19. The first-order valence-corrected chi connectivity index (χ1v) is 10.1. The minimum Gasteiger partial charge on any atom is -0.488 e. The minimum atomic E-state index is -0.155. The highest BCUT2D eigenvalue weighted by molar-refractivity contribution is 5.85. The van der Waals surface area contributed by atoms with E-state index in [2.05, 4.69) is 43.4 Å². The highest BCUT2D eigenvalue weighted by Gasteiger charge is 2.13. The van der Waals surface area contributed by atoms with Gasteiger partial charge in [-0.05, 0) is 34.2 Å². The first-order valence-electron chi connectivity index (χ1n) is 10.1. The number of nitrogens with one attached hydrogen (secondary N) is 1. The molecule has 4 nitrogen and oxygen atoms in total. The van der Waals surface area contributed by atoms with E-state index in [1.54, 1.807) is 6.21 Å². The van der Waals surface area contributed by atoms with Crippen molar-refractivity contribution >= 4 is 12.1 Å². The van der Waals surface area contributed by atoms with Crippen LogP contribution in [0.2, 0.25) is 0 Å². The Morgan fingerprint density at radius 1 is 0.900 bits per heavy atom. The number of para-hydroxylation sites is 1. The van der Waals surface area contributed by atoms with Gasteiger partial charge in [-0.25, -0.2) is 5.43 Å². The number of ether oxygens (including phenoxy) is 1. The van der Waals surface area contributed by atoms with Crippen LogP contribution in [0.1, 0.15) is 43.0 Å². The molecule has 0 atom stereocenters. The summed E-state index contributed by atoms with van der Waals surface area (Å²) in [7, 11) is 0. The Morgan fingerprint density at radius 2 is 1.57 bits per heavy atom. The smallest absolute Gasteiger partial charge is 0.244 e. The number of rotatable bonds is 7. The third kappa shape index (κ3) is 6.31. The van der Waals surface area contributed by atoms with E-state index >= 15 is 0 Å². The lowest BCUT2D eigenvalue weighted by Crippen LogP contribution is -2.20. The lowest BCUT2D eigenvalue weighted by atomic mass is 9.86. The zero-order valence-electron chi connectivity index (χ0n) is 17.8. The second-order valence-corrected chi connectivity index (χ2v) is 8.23. The molecule has 0 bridgehead atoms. The highest BCUT2D eigenvalue weighted by atomic mass is 16.5. The van der Waals surface area contributed by atoms with E-state index in [1.165, 1.54) is 5.56 Å². The molecule has 0 saturated carbocycles. The monoisotopic (exact) mass is 400 g/mol. The second kappa shape index (κ2) is 9.88. The molecule has 3 rings (SSSR count). The molecule has 0 spiro atoms. The van der Waals surface area contributed by atoms with E-state index in [-0.39, 0.29) is 17.7 Å². The number of hydrogen-bond acceptors (Lipinski definition) is 3. The van der Waals surface area contributed by atoms with Crippen LogP contribution < -0.4 is 10.2 Å². The van der Waals surface area contributed by atoms with Crippen molar-refractivity contribution in [2.75, 3.05) is 0 Å². The third-order valence-corrected chi connectivity index (χ3v) is 4.73. The summed E-state index contributed by atoms with van der Waals surface area (Å²) in [4.78, 5) is 12.2. The molecule has 0 fully saturated rings. The van der Waals surface area contributed by atoms with E-state index in [1.807, 2.05) is 66.7 Å². The van der Waals surface area contributed by atoms with Gasteiger partial charge in [0.1, 0.15) is 12.4 Å². The van der Waals surface area contributed by atoms with Crippen LogP contribution in [-0.4, -0.2) is 12.1 Å². The highest BCUT2D eigenvalue weighted by Crippen LogP contribution is 2.22. The number of benzene rings is 3. The fraction of sp³-hybridized carbons (Fsp3) is 0.231. The van der Waals surface area contributed by atoms with E-state index in [0.29, 0.717) is 6.61 Å². The maximum absolute atomic E-state index is 12.2. The molecule has 0 aliphatic heterocycles. The van der Waals surface area contributed by atoms with Crippen LogP contribution in [0.5, 0.6) is 5.75 Å². The average Bonchev–Trinajstić information content (AvgIpc) is 2.73. The zero-order chi connectivity index (χ0) is 21.4. The number of hydrazone groups is 1. The van der Waals surface area contributed by atoms with Gasteiger partial charge in [0.15, 0.2) is 0 Å². The van der Waals surface area contributed by atoms with Crippen LogP contribution in [0.4, 0.5) is 0 Å². The second-order valence-electron chi connectivity index (χ2n) is 8.23. The zero-order valence-corrected chi connectivity index (χ0v) is 17.8. The molecular formula is C26H28N2O2. The summed E-state index contributed by atoms with van der Waals surface area (Å²) in [6.07, 6.45) is 1.90. The molecular weight excluding hydrogens is 372 g/mol. The Labute approximate surface area is 178 Å². The van der Waals surface area contributed by atoms with Gasteiger partial charge in [-0.3, -0.25) is 4.79 Å². The van der Waals surface area contributed by atoms with Crippen LogP contribution in [0.25, 0.3) is 0 Å². The standard InChI is InChI=1S/C26H28N2O2/c1-26(2,3)23-15-13-20(14-16-23)17-25(29)28-27-18-22-11-7-8-12-24(22)30-19-21-9-5-4-6-10-21/h4-16,18H,17,19H2,1-3H3,(H,28,29)/b27-18-. The maximum Gasteiger partial charge on any atom is 0.244 e. The van der Waals surface area contributed by atoms with Crippen molar-refractivity contribution in [1.82, 2.24) is 5.43 Å². The number of amides is 1. The minimum absolute atomic E-state index is 0.0983. The van der Waals surface area contributed by atoms with Crippen molar-refractivity contribution in [3.8, 4) is 5.75 Å². The number of nitrogens with zero attached hydrogens (tertiary/aromatic N) is 1. The van der Waals surface area contributed by atoms with Crippen molar-refractivity contribution < 1.29 is 9.53 Å². The largest absolute Gasteiger partial charge is 0.488 e. The number of carbonyl (C=O) groups is 1. The first-order chi connectivity index (χ1) is 14.4. The average molecular weight is 401 g/mol. The summed E-state index contributed by atoms with van der Waals surface area (Å²) in [6.45, 7) is 6.99. The maximum atomic E-state index is 12.2. The fourth-order valence-corrected chi connectivity index (χ4v) is 2.98. The quantitative estimate of drug-likeness (QED) is 0.435. The molecule has 1 N–H and O–H groups in total. The first kappa shape index (κ1) is 21.3. The molecule has 0 saturated heterocycles. The van der Waals surface area contributed by atoms with Gasteiger partial charge in [0, 0.05) is 5.56 Å². The molecule has 4 heteroatoms. The molecule has 0 aliphatic rings. The SMILES string of the molecule is CC(C)(C)c1ccc(CC(=O)N/N=C\c2ccccc2OCc2ccccc2)cc1. The van der Waals surface area contributed by atoms with Gasteiger partial charge >= 0.3 is 0 Å². The van der Waals surface area contributed by atoms with Gasteiger partial charge in [0.05, 0.1) is 12.6 Å². The van der Waals surface area contributed by atoms with E-state index in [0.717, 1.165) is 22.4 Å². The summed E-state index contributed by atoms with van der Waals surface area (Å²) in [5.74, 6) is 0.564. The van der Waals surface area contributed by atoms with Gasteiger partial charge in [-0.2, -0.15) is 5.10 Å². The Hall–Kier alpha value is -3.40. The van der Waals surface area contributed by atoms with E-state index in [9.17, 15) is 4.79 Å². The van der Waals surface area contributed by atoms with Crippen LogP contribution in [-0.2, 0) is 23.2 Å². The van der Waals surface area contributed by atoms with Gasteiger partial charge in [0.2, 0.25) is 5.91 Å².